The Bertz CT molecular complexity index is 2720. The average Bonchev–Trinajstić information content (AvgIpc) is 3.64. The van der Waals surface area contributed by atoms with Gasteiger partial charge in [-0.3, -0.25) is 4.99 Å². The maximum atomic E-state index is 6.50. The van der Waals surface area contributed by atoms with Crippen LogP contribution in [-0.2, 0) is 0 Å². The van der Waals surface area contributed by atoms with Crippen LogP contribution in [0.4, 0.5) is 5.69 Å². The molecule has 266 valence electrons. The van der Waals surface area contributed by atoms with Crippen LogP contribution in [0.15, 0.2) is 191 Å². The van der Waals surface area contributed by atoms with E-state index in [-0.39, 0.29) is 0 Å². The van der Waals surface area contributed by atoms with Gasteiger partial charge < -0.3 is 4.42 Å². The molecule has 2 aromatic heterocycles. The largest absolute Gasteiger partial charge is 0.454 e. The molecule has 0 saturated heterocycles. The summed E-state index contributed by atoms with van der Waals surface area (Å²) in [7, 11) is 0. The van der Waals surface area contributed by atoms with Crippen molar-refractivity contribution in [2.45, 2.75) is 6.92 Å². The lowest BCUT2D eigenvalue weighted by molar-refractivity contribution is 0.605. The number of aromatic nitrogens is 3. The van der Waals surface area contributed by atoms with Gasteiger partial charge in [-0.25, -0.2) is 15.0 Å². The summed E-state index contributed by atoms with van der Waals surface area (Å²) in [5.41, 5.74) is 13.0. The molecule has 0 radical (unpaired) electrons. The third-order valence-electron chi connectivity index (χ3n) is 10.0. The molecule has 5 nitrogen and oxygen atoms in total. The molecule has 0 saturated carbocycles. The van der Waals surface area contributed by atoms with Crippen molar-refractivity contribution in [2.75, 3.05) is 0 Å². The summed E-state index contributed by atoms with van der Waals surface area (Å²) in [6.07, 6.45) is 1.95. The summed E-state index contributed by atoms with van der Waals surface area (Å²) in [5, 5.41) is 0.906. The van der Waals surface area contributed by atoms with Crippen molar-refractivity contribution in [3.8, 4) is 67.3 Å². The predicted octanol–water partition coefficient (Wildman–Crippen LogP) is 13.5. The highest BCUT2D eigenvalue weighted by molar-refractivity contribution is 6.05. The highest BCUT2D eigenvalue weighted by Crippen LogP contribution is 2.42. The summed E-state index contributed by atoms with van der Waals surface area (Å²) >= 11 is 0. The fraction of sp³-hybridized carbons (Fsp3) is 0.0196. The van der Waals surface area contributed by atoms with Crippen LogP contribution >= 0.6 is 0 Å². The third kappa shape index (κ3) is 6.86. The van der Waals surface area contributed by atoms with Gasteiger partial charge in [0.1, 0.15) is 11.3 Å². The second-order valence-electron chi connectivity index (χ2n) is 13.6. The Labute approximate surface area is 326 Å². The number of furan rings is 1. The van der Waals surface area contributed by atoms with Crippen molar-refractivity contribution in [3.63, 3.8) is 0 Å². The first-order valence-corrected chi connectivity index (χ1v) is 18.6. The van der Waals surface area contributed by atoms with Crippen LogP contribution in [0.25, 0.3) is 89.9 Å². The maximum Gasteiger partial charge on any atom is 0.164 e. The monoisotopic (exact) mass is 720 g/mol. The molecule has 0 aliphatic heterocycles. The molecular weight excluding hydrogens is 685 g/mol. The quantitative estimate of drug-likeness (QED) is 0.139. The second-order valence-corrected chi connectivity index (χ2v) is 13.6. The van der Waals surface area contributed by atoms with E-state index in [4.69, 9.17) is 19.4 Å². The lowest BCUT2D eigenvalue weighted by Crippen LogP contribution is -2.02. The van der Waals surface area contributed by atoms with Gasteiger partial charge in [0.15, 0.2) is 23.2 Å². The average molecular weight is 721 g/mol. The first kappa shape index (κ1) is 34.3. The molecule has 0 N–H and O–H groups in total. The third-order valence-corrected chi connectivity index (χ3v) is 10.0. The second kappa shape index (κ2) is 15.1. The molecule has 9 aromatic rings. The van der Waals surface area contributed by atoms with Gasteiger partial charge in [0.05, 0.1) is 5.39 Å². The van der Waals surface area contributed by atoms with E-state index in [2.05, 4.69) is 139 Å². The minimum Gasteiger partial charge on any atom is -0.454 e. The highest BCUT2D eigenvalue weighted by atomic mass is 16.3. The van der Waals surface area contributed by atoms with Crippen molar-refractivity contribution in [2.24, 2.45) is 4.99 Å². The molecule has 0 aliphatic carbocycles. The maximum absolute atomic E-state index is 6.50. The van der Waals surface area contributed by atoms with E-state index < -0.39 is 0 Å². The van der Waals surface area contributed by atoms with Crippen LogP contribution in [0, 0.1) is 0 Å². The summed E-state index contributed by atoms with van der Waals surface area (Å²) < 4.78 is 6.50. The van der Waals surface area contributed by atoms with Crippen LogP contribution in [0.1, 0.15) is 18.5 Å². The van der Waals surface area contributed by atoms with Gasteiger partial charge in [-0.05, 0) is 75.9 Å². The molecule has 56 heavy (non-hydrogen) atoms. The molecule has 2 heterocycles. The fourth-order valence-electron chi connectivity index (χ4n) is 7.08. The standard InChI is InChI=1S/C51H36N4O/c1-34(33-46-48(52-2)47-44(19-12-20-45(47)56-46)41-27-21-38(22-28-41)35-13-6-3-7-14-35)49-53-50(42-29-23-39(24-30-42)36-15-8-4-9-16-36)55-51(54-49)43-31-25-40(26-32-43)37-17-10-5-11-18-37/h3-33H,2H2,1H3/b34-33+. The SMILES string of the molecule is C=Nc1c(/C=C(\C)c2nc(-c3ccc(-c4ccccc4)cc3)nc(-c3ccc(-c4ccccc4)cc3)n2)oc2cccc(-c3ccc(-c4ccccc4)cc3)c12. The molecule has 0 bridgehead atoms. The van der Waals surface area contributed by atoms with Crippen molar-refractivity contribution >= 4 is 35.0 Å². The summed E-state index contributed by atoms with van der Waals surface area (Å²) in [4.78, 5) is 19.6. The Hall–Kier alpha value is -7.50. The van der Waals surface area contributed by atoms with E-state index in [1.807, 2.05) is 67.6 Å². The van der Waals surface area contributed by atoms with E-state index in [0.717, 1.165) is 66.6 Å². The van der Waals surface area contributed by atoms with Crippen molar-refractivity contribution in [1.82, 2.24) is 15.0 Å². The van der Waals surface area contributed by atoms with Crippen LogP contribution < -0.4 is 0 Å². The Kier molecular flexibility index (Phi) is 9.24. The van der Waals surface area contributed by atoms with Crippen LogP contribution in [0.5, 0.6) is 0 Å². The van der Waals surface area contributed by atoms with Crippen molar-refractivity contribution in [1.29, 1.82) is 0 Å². The first-order chi connectivity index (χ1) is 27.6. The zero-order valence-electron chi connectivity index (χ0n) is 30.8. The summed E-state index contributed by atoms with van der Waals surface area (Å²) in [6.45, 7) is 5.96. The molecule has 0 amide bonds. The number of nitrogens with zero attached hydrogens (tertiary/aromatic N) is 4. The van der Waals surface area contributed by atoms with E-state index in [0.29, 0.717) is 28.9 Å². The minimum atomic E-state index is 0.538. The van der Waals surface area contributed by atoms with Gasteiger partial charge in [-0.15, -0.1) is 0 Å². The molecule has 0 atom stereocenters. The smallest absolute Gasteiger partial charge is 0.164 e. The lowest BCUT2D eigenvalue weighted by Gasteiger charge is -2.10. The van der Waals surface area contributed by atoms with E-state index >= 15 is 0 Å². The molecule has 7 aromatic carbocycles. The molecular formula is C51H36N4O. The van der Waals surface area contributed by atoms with Crippen molar-refractivity contribution in [3.05, 3.63) is 194 Å². The Morgan fingerprint density at radius 3 is 1.32 bits per heavy atom. The van der Waals surface area contributed by atoms with Crippen LogP contribution in [0.2, 0.25) is 0 Å². The number of benzene rings is 7. The van der Waals surface area contributed by atoms with Gasteiger partial charge in [-0.1, -0.05) is 176 Å². The Morgan fingerprint density at radius 1 is 0.464 bits per heavy atom. The van der Waals surface area contributed by atoms with Crippen molar-refractivity contribution < 1.29 is 4.42 Å². The summed E-state index contributed by atoms with van der Waals surface area (Å²) in [6, 6.07) is 62.4. The molecule has 0 unspecified atom stereocenters. The highest BCUT2D eigenvalue weighted by Gasteiger charge is 2.19. The van der Waals surface area contributed by atoms with Gasteiger partial charge in [-0.2, -0.15) is 0 Å². The van der Waals surface area contributed by atoms with Gasteiger partial charge >= 0.3 is 0 Å². The number of aliphatic imine (C=N–C) groups is 1. The van der Waals surface area contributed by atoms with Crippen LogP contribution in [0.3, 0.4) is 0 Å². The lowest BCUT2D eigenvalue weighted by atomic mass is 9.97. The van der Waals surface area contributed by atoms with Gasteiger partial charge in [0.25, 0.3) is 0 Å². The first-order valence-electron chi connectivity index (χ1n) is 18.6. The number of rotatable bonds is 9. The van der Waals surface area contributed by atoms with Gasteiger partial charge in [0.2, 0.25) is 0 Å². The number of hydrogen-bond donors (Lipinski definition) is 0. The molecule has 5 heteroatoms. The number of allylic oxidation sites excluding steroid dienone is 1. The fourth-order valence-corrected chi connectivity index (χ4v) is 7.08. The molecule has 0 spiro atoms. The predicted molar refractivity (Wildman–Crippen MR) is 231 cm³/mol. The Balaban J connectivity index is 1.11. The Morgan fingerprint density at radius 2 is 0.875 bits per heavy atom. The molecule has 0 aliphatic rings. The minimum absolute atomic E-state index is 0.538. The number of hydrogen-bond acceptors (Lipinski definition) is 5. The topological polar surface area (TPSA) is 64.2 Å². The molecule has 0 fully saturated rings. The normalized spacial score (nSPS) is 11.5. The number of fused-ring (bicyclic) bond motifs is 1. The summed E-state index contributed by atoms with van der Waals surface area (Å²) in [5.74, 6) is 2.29. The van der Waals surface area contributed by atoms with E-state index in [1.54, 1.807) is 0 Å². The zero-order chi connectivity index (χ0) is 37.8. The van der Waals surface area contributed by atoms with Crippen LogP contribution in [-0.4, -0.2) is 21.7 Å². The molecule has 9 rings (SSSR count). The van der Waals surface area contributed by atoms with E-state index in [9.17, 15) is 0 Å². The zero-order valence-corrected chi connectivity index (χ0v) is 30.8. The van der Waals surface area contributed by atoms with E-state index in [1.165, 1.54) is 5.56 Å². The van der Waals surface area contributed by atoms with Gasteiger partial charge in [0, 0.05) is 11.1 Å².